The van der Waals surface area contributed by atoms with Crippen LogP contribution in [0.4, 0.5) is 0 Å². The normalized spacial score (nSPS) is 10.8. The van der Waals surface area contributed by atoms with E-state index in [0.29, 0.717) is 11.6 Å². The third kappa shape index (κ3) is 6.32. The number of likely N-dealkylation sites (N-methyl/N-ethyl adjacent to an activating group) is 1. The summed E-state index contributed by atoms with van der Waals surface area (Å²) in [5.74, 6) is 0.761. The first-order valence-corrected chi connectivity index (χ1v) is 7.34. The van der Waals surface area contributed by atoms with Gasteiger partial charge in [-0.1, -0.05) is 24.4 Å². The highest BCUT2D eigenvalue weighted by molar-refractivity contribution is 7.80. The lowest BCUT2D eigenvalue weighted by molar-refractivity contribution is 0.120. The van der Waals surface area contributed by atoms with Gasteiger partial charge >= 0.3 is 0 Å². The van der Waals surface area contributed by atoms with Gasteiger partial charge in [0.25, 0.3) is 0 Å². The fourth-order valence-electron chi connectivity index (χ4n) is 1.79. The highest BCUT2D eigenvalue weighted by atomic mass is 32.1. The minimum Gasteiger partial charge on any atom is -0.493 e. The van der Waals surface area contributed by atoms with Crippen LogP contribution in [0.15, 0.2) is 24.3 Å². The Morgan fingerprint density at radius 3 is 2.70 bits per heavy atom. The molecule has 0 atom stereocenters. The van der Waals surface area contributed by atoms with Gasteiger partial charge in [-0.05, 0) is 32.5 Å². The summed E-state index contributed by atoms with van der Waals surface area (Å²) in [4.78, 5) is 2.60. The Labute approximate surface area is 126 Å². The van der Waals surface area contributed by atoms with E-state index in [1.165, 1.54) is 0 Å². The number of nitrogens with zero attached hydrogens (tertiary/aromatic N) is 1. The zero-order valence-corrected chi connectivity index (χ0v) is 13.1. The fourth-order valence-corrected chi connectivity index (χ4v) is 1.96. The first-order valence-electron chi connectivity index (χ1n) is 6.93. The third-order valence-corrected chi connectivity index (χ3v) is 3.14. The highest BCUT2D eigenvalue weighted by Gasteiger charge is 2.05. The van der Waals surface area contributed by atoms with Crippen molar-refractivity contribution in [1.82, 2.24) is 4.90 Å². The first kappa shape index (κ1) is 16.9. The molecule has 0 heterocycles. The number of nitrogens with two attached hydrogens (primary N) is 1. The molecule has 0 fully saturated rings. The van der Waals surface area contributed by atoms with Crippen LogP contribution in [-0.4, -0.2) is 49.8 Å². The number of rotatable bonds is 10. The number of hydrogen-bond donors (Lipinski definition) is 1. The van der Waals surface area contributed by atoms with Crippen LogP contribution >= 0.6 is 12.2 Å². The van der Waals surface area contributed by atoms with Gasteiger partial charge in [0.2, 0.25) is 0 Å². The van der Waals surface area contributed by atoms with E-state index in [-0.39, 0.29) is 0 Å². The van der Waals surface area contributed by atoms with Crippen LogP contribution in [0.25, 0.3) is 0 Å². The predicted octanol–water partition coefficient (Wildman–Crippen LogP) is 2.06. The van der Waals surface area contributed by atoms with Crippen LogP contribution in [0.2, 0.25) is 0 Å². The average molecular weight is 296 g/mol. The van der Waals surface area contributed by atoms with E-state index in [9.17, 15) is 0 Å². The highest BCUT2D eigenvalue weighted by Crippen LogP contribution is 2.17. The zero-order valence-electron chi connectivity index (χ0n) is 12.3. The van der Waals surface area contributed by atoms with Crippen molar-refractivity contribution in [3.05, 3.63) is 29.8 Å². The molecule has 0 unspecified atom stereocenters. The Bertz CT molecular complexity index is 413. The van der Waals surface area contributed by atoms with Crippen molar-refractivity contribution in [3.63, 3.8) is 0 Å². The predicted molar refractivity (Wildman–Crippen MR) is 86.4 cm³/mol. The van der Waals surface area contributed by atoms with Gasteiger partial charge in [0.05, 0.1) is 18.8 Å². The van der Waals surface area contributed by atoms with Gasteiger partial charge in [0.1, 0.15) is 10.7 Å². The molecule has 5 heteroatoms. The number of ether oxygens (including phenoxy) is 2. The largest absolute Gasteiger partial charge is 0.493 e. The molecule has 0 aliphatic heterocycles. The van der Waals surface area contributed by atoms with Crippen LogP contribution in [0.1, 0.15) is 18.9 Å². The van der Waals surface area contributed by atoms with E-state index in [4.69, 9.17) is 27.4 Å². The number of benzene rings is 1. The molecule has 0 amide bonds. The second-order valence-electron chi connectivity index (χ2n) is 4.56. The topological polar surface area (TPSA) is 47.7 Å². The van der Waals surface area contributed by atoms with Crippen LogP contribution in [0, 0.1) is 0 Å². The van der Waals surface area contributed by atoms with Crippen molar-refractivity contribution < 1.29 is 9.47 Å². The summed E-state index contributed by atoms with van der Waals surface area (Å²) in [6.45, 7) is 6.12. The summed E-state index contributed by atoms with van der Waals surface area (Å²) in [5, 5.41) is 0. The van der Waals surface area contributed by atoms with Gasteiger partial charge in [-0.15, -0.1) is 0 Å². The smallest absolute Gasteiger partial charge is 0.129 e. The lowest BCUT2D eigenvalue weighted by Crippen LogP contribution is -2.25. The Morgan fingerprint density at radius 2 is 2.00 bits per heavy atom. The molecular formula is C15H24N2O2S. The molecule has 20 heavy (non-hydrogen) atoms. The Kier molecular flexibility index (Phi) is 8.18. The minimum absolute atomic E-state index is 0.370. The number of para-hydroxylation sites is 1. The molecular weight excluding hydrogens is 272 g/mol. The van der Waals surface area contributed by atoms with E-state index < -0.39 is 0 Å². The minimum atomic E-state index is 0.370. The summed E-state index contributed by atoms with van der Waals surface area (Å²) in [7, 11) is 2.09. The Hall–Kier alpha value is -1.17. The van der Waals surface area contributed by atoms with Crippen molar-refractivity contribution in [1.29, 1.82) is 0 Å². The van der Waals surface area contributed by atoms with Gasteiger partial charge < -0.3 is 20.1 Å². The monoisotopic (exact) mass is 296 g/mol. The number of hydrogen-bond acceptors (Lipinski definition) is 4. The summed E-state index contributed by atoms with van der Waals surface area (Å²) >= 11 is 5.00. The van der Waals surface area contributed by atoms with Gasteiger partial charge in [-0.25, -0.2) is 0 Å². The molecule has 0 aromatic heterocycles. The van der Waals surface area contributed by atoms with E-state index >= 15 is 0 Å². The molecule has 4 nitrogen and oxygen atoms in total. The van der Waals surface area contributed by atoms with Crippen molar-refractivity contribution in [2.75, 3.05) is 40.0 Å². The van der Waals surface area contributed by atoms with Crippen LogP contribution in [0.5, 0.6) is 5.75 Å². The molecule has 112 valence electrons. The van der Waals surface area contributed by atoms with E-state index in [1.54, 1.807) is 0 Å². The molecule has 1 aromatic rings. The van der Waals surface area contributed by atoms with Crippen molar-refractivity contribution >= 4 is 17.2 Å². The standard InChI is InChI=1S/C15H24N2O2S/c1-3-18-12-10-17(2)9-6-11-19-14-8-5-4-7-13(14)15(16)20/h4-5,7-8H,3,6,9-12H2,1-2H3,(H2,16,20). The molecule has 0 saturated carbocycles. The summed E-state index contributed by atoms with van der Waals surface area (Å²) in [5.41, 5.74) is 6.46. The molecule has 0 aliphatic rings. The average Bonchev–Trinajstić information content (AvgIpc) is 2.44. The molecule has 0 aliphatic carbocycles. The van der Waals surface area contributed by atoms with Gasteiger partial charge in [0.15, 0.2) is 0 Å². The molecule has 1 aromatic carbocycles. The lowest BCUT2D eigenvalue weighted by atomic mass is 10.2. The van der Waals surface area contributed by atoms with Gasteiger partial charge in [-0.2, -0.15) is 0 Å². The maximum Gasteiger partial charge on any atom is 0.129 e. The molecule has 2 N–H and O–H groups in total. The van der Waals surface area contributed by atoms with Crippen molar-refractivity contribution in [2.24, 2.45) is 5.73 Å². The Balaban J connectivity index is 2.26. The van der Waals surface area contributed by atoms with Crippen molar-refractivity contribution in [3.8, 4) is 5.75 Å². The third-order valence-electron chi connectivity index (χ3n) is 2.92. The lowest BCUT2D eigenvalue weighted by Gasteiger charge is -2.17. The summed E-state index contributed by atoms with van der Waals surface area (Å²) < 4.78 is 11.1. The zero-order chi connectivity index (χ0) is 14.8. The maximum atomic E-state index is 5.75. The SMILES string of the molecule is CCOCCN(C)CCCOc1ccccc1C(N)=S. The van der Waals surface area contributed by atoms with Crippen LogP contribution < -0.4 is 10.5 Å². The summed E-state index contributed by atoms with van der Waals surface area (Å²) in [6, 6.07) is 7.60. The number of thiocarbonyl (C=S) groups is 1. The molecule has 0 spiro atoms. The molecule has 0 radical (unpaired) electrons. The van der Waals surface area contributed by atoms with Crippen LogP contribution in [-0.2, 0) is 4.74 Å². The second kappa shape index (κ2) is 9.69. The van der Waals surface area contributed by atoms with Crippen molar-refractivity contribution in [2.45, 2.75) is 13.3 Å². The molecule has 0 bridgehead atoms. The summed E-state index contributed by atoms with van der Waals surface area (Å²) in [6.07, 6.45) is 0.953. The van der Waals surface area contributed by atoms with E-state index in [1.807, 2.05) is 31.2 Å². The molecule has 0 saturated heterocycles. The first-order chi connectivity index (χ1) is 9.65. The second-order valence-corrected chi connectivity index (χ2v) is 5.00. The van der Waals surface area contributed by atoms with E-state index in [2.05, 4.69) is 11.9 Å². The van der Waals surface area contributed by atoms with E-state index in [0.717, 1.165) is 44.0 Å². The molecule has 1 rings (SSSR count). The van der Waals surface area contributed by atoms with Gasteiger partial charge in [0, 0.05) is 19.7 Å². The van der Waals surface area contributed by atoms with Gasteiger partial charge in [-0.3, -0.25) is 0 Å². The quantitative estimate of drug-likeness (QED) is 0.529. The fraction of sp³-hybridized carbons (Fsp3) is 0.533. The maximum absolute atomic E-state index is 5.75. The Morgan fingerprint density at radius 1 is 1.25 bits per heavy atom. The van der Waals surface area contributed by atoms with Crippen LogP contribution in [0.3, 0.4) is 0 Å².